The lowest BCUT2D eigenvalue weighted by atomic mass is 10.4. The molecule has 98 valence electrons. The Morgan fingerprint density at radius 2 is 1.88 bits per heavy atom. The molecule has 0 aliphatic heterocycles. The van der Waals surface area contributed by atoms with Crippen LogP contribution in [0.1, 0.15) is 6.42 Å². The average Bonchev–Trinajstić information content (AvgIpc) is 2.06. The van der Waals surface area contributed by atoms with Crippen molar-refractivity contribution in [1.82, 2.24) is 5.32 Å². The zero-order valence-electron chi connectivity index (χ0n) is 9.01. The molecule has 0 aromatic carbocycles. The molecule has 0 radical (unpaired) electrons. The normalized spacial score (nSPS) is 13.0. The van der Waals surface area contributed by atoms with Gasteiger partial charge in [-0.1, -0.05) is 0 Å². The predicted molar refractivity (Wildman–Crippen MR) is 54.1 cm³/mol. The number of ether oxygens (including phenoxy) is 1. The lowest BCUT2D eigenvalue weighted by Crippen LogP contribution is -2.24. The summed E-state index contributed by atoms with van der Waals surface area (Å²) in [4.78, 5) is 0. The van der Waals surface area contributed by atoms with Gasteiger partial charge in [0.25, 0.3) is 0 Å². The largest absolute Gasteiger partial charge is 0.411 e. The van der Waals surface area contributed by atoms with E-state index < -0.39 is 22.6 Å². The standard InChI is InChI=1S/C8H16F3NO3S/c1-16(13,14)6-4-12-3-2-5-15-7-8(9,10)11/h12H,2-7H2,1H3. The van der Waals surface area contributed by atoms with Crippen LogP contribution in [0.2, 0.25) is 0 Å². The zero-order chi connectivity index (χ0) is 12.7. The highest BCUT2D eigenvalue weighted by atomic mass is 32.2. The maximum Gasteiger partial charge on any atom is 0.411 e. The first-order chi connectivity index (χ1) is 7.21. The SMILES string of the molecule is CS(=O)(=O)CCNCCCOCC(F)(F)F. The third-order valence-electron chi connectivity index (χ3n) is 1.56. The van der Waals surface area contributed by atoms with Crippen LogP contribution in [0.5, 0.6) is 0 Å². The fourth-order valence-corrected chi connectivity index (χ4v) is 1.38. The van der Waals surface area contributed by atoms with Crippen LogP contribution in [0, 0.1) is 0 Å². The van der Waals surface area contributed by atoms with Gasteiger partial charge in [0.05, 0.1) is 5.75 Å². The molecule has 0 spiro atoms. The van der Waals surface area contributed by atoms with Crippen LogP contribution in [0.3, 0.4) is 0 Å². The number of nitrogens with one attached hydrogen (secondary N) is 1. The van der Waals surface area contributed by atoms with Gasteiger partial charge in [0.1, 0.15) is 16.4 Å². The molecule has 0 rings (SSSR count). The highest BCUT2D eigenvalue weighted by Crippen LogP contribution is 2.14. The van der Waals surface area contributed by atoms with Crippen LogP contribution in [0.4, 0.5) is 13.2 Å². The van der Waals surface area contributed by atoms with Crippen molar-refractivity contribution in [2.45, 2.75) is 12.6 Å². The molecular formula is C8H16F3NO3S. The van der Waals surface area contributed by atoms with Crippen molar-refractivity contribution in [1.29, 1.82) is 0 Å². The van der Waals surface area contributed by atoms with Gasteiger partial charge < -0.3 is 10.1 Å². The Kier molecular flexibility index (Phi) is 6.93. The molecule has 0 amide bonds. The first kappa shape index (κ1) is 15.7. The lowest BCUT2D eigenvalue weighted by molar-refractivity contribution is -0.173. The van der Waals surface area contributed by atoms with Gasteiger partial charge in [0.15, 0.2) is 0 Å². The van der Waals surface area contributed by atoms with Crippen molar-refractivity contribution in [3.8, 4) is 0 Å². The number of halogens is 3. The molecule has 0 heterocycles. The minimum absolute atomic E-state index is 0.00534. The minimum Gasteiger partial charge on any atom is -0.372 e. The van der Waals surface area contributed by atoms with Gasteiger partial charge in [-0.3, -0.25) is 0 Å². The van der Waals surface area contributed by atoms with E-state index in [1.807, 2.05) is 0 Å². The fourth-order valence-electron chi connectivity index (χ4n) is 0.870. The van der Waals surface area contributed by atoms with E-state index >= 15 is 0 Å². The Morgan fingerprint density at radius 1 is 1.25 bits per heavy atom. The van der Waals surface area contributed by atoms with Crippen molar-refractivity contribution in [2.24, 2.45) is 0 Å². The molecular weight excluding hydrogens is 247 g/mol. The number of hydrogen-bond donors (Lipinski definition) is 1. The Morgan fingerprint density at radius 3 is 2.38 bits per heavy atom. The molecule has 0 saturated carbocycles. The van der Waals surface area contributed by atoms with E-state index in [-0.39, 0.29) is 12.4 Å². The monoisotopic (exact) mass is 263 g/mol. The summed E-state index contributed by atoms with van der Waals surface area (Å²) in [6, 6.07) is 0. The molecule has 0 aliphatic carbocycles. The summed E-state index contributed by atoms with van der Waals surface area (Å²) in [7, 11) is -2.98. The van der Waals surface area contributed by atoms with Crippen molar-refractivity contribution >= 4 is 9.84 Å². The highest BCUT2D eigenvalue weighted by molar-refractivity contribution is 7.90. The summed E-state index contributed by atoms with van der Waals surface area (Å²) >= 11 is 0. The molecule has 4 nitrogen and oxygen atoms in total. The van der Waals surface area contributed by atoms with Crippen LogP contribution < -0.4 is 5.32 Å². The summed E-state index contributed by atoms with van der Waals surface area (Å²) in [5.74, 6) is 0.0242. The number of hydrogen-bond acceptors (Lipinski definition) is 4. The van der Waals surface area contributed by atoms with E-state index in [2.05, 4.69) is 10.1 Å². The van der Waals surface area contributed by atoms with E-state index in [0.29, 0.717) is 19.5 Å². The van der Waals surface area contributed by atoms with Crippen molar-refractivity contribution in [3.05, 3.63) is 0 Å². The summed E-state index contributed by atoms with van der Waals surface area (Å²) in [5.41, 5.74) is 0. The van der Waals surface area contributed by atoms with E-state index in [1.54, 1.807) is 0 Å². The van der Waals surface area contributed by atoms with E-state index in [4.69, 9.17) is 0 Å². The van der Waals surface area contributed by atoms with Gasteiger partial charge in [-0.2, -0.15) is 13.2 Å². The Hall–Kier alpha value is -0.340. The van der Waals surface area contributed by atoms with Crippen LogP contribution in [-0.4, -0.2) is 52.9 Å². The molecule has 0 aromatic heterocycles. The molecule has 0 aromatic rings. The third-order valence-corrected chi connectivity index (χ3v) is 2.50. The van der Waals surface area contributed by atoms with E-state index in [0.717, 1.165) is 6.26 Å². The highest BCUT2D eigenvalue weighted by Gasteiger charge is 2.27. The van der Waals surface area contributed by atoms with Gasteiger partial charge in [-0.15, -0.1) is 0 Å². The second kappa shape index (κ2) is 7.08. The smallest absolute Gasteiger partial charge is 0.372 e. The van der Waals surface area contributed by atoms with Crippen LogP contribution >= 0.6 is 0 Å². The van der Waals surface area contributed by atoms with E-state index in [9.17, 15) is 21.6 Å². The maximum atomic E-state index is 11.6. The van der Waals surface area contributed by atoms with Gasteiger partial charge in [0, 0.05) is 19.4 Å². The number of rotatable bonds is 8. The van der Waals surface area contributed by atoms with Gasteiger partial charge in [0.2, 0.25) is 0 Å². The third kappa shape index (κ3) is 13.7. The van der Waals surface area contributed by atoms with Gasteiger partial charge in [-0.05, 0) is 13.0 Å². The molecule has 1 N–H and O–H groups in total. The lowest BCUT2D eigenvalue weighted by Gasteiger charge is -2.07. The molecule has 0 atom stereocenters. The molecule has 0 fully saturated rings. The molecule has 0 bridgehead atoms. The molecule has 8 heteroatoms. The minimum atomic E-state index is -4.29. The second-order valence-corrected chi connectivity index (χ2v) is 5.66. The Balaban J connectivity index is 3.23. The van der Waals surface area contributed by atoms with E-state index in [1.165, 1.54) is 0 Å². The summed E-state index contributed by atoms with van der Waals surface area (Å²) in [6.07, 6.45) is -2.75. The summed E-state index contributed by atoms with van der Waals surface area (Å²) in [5, 5.41) is 2.80. The molecule has 0 unspecified atom stereocenters. The molecule has 0 aliphatic rings. The topological polar surface area (TPSA) is 55.4 Å². The average molecular weight is 263 g/mol. The first-order valence-corrected chi connectivity index (χ1v) is 6.80. The molecule has 16 heavy (non-hydrogen) atoms. The van der Waals surface area contributed by atoms with Crippen molar-refractivity contribution in [3.63, 3.8) is 0 Å². The number of alkyl halides is 3. The van der Waals surface area contributed by atoms with Crippen molar-refractivity contribution in [2.75, 3.05) is 38.3 Å². The van der Waals surface area contributed by atoms with Gasteiger partial charge >= 0.3 is 6.18 Å². The Labute approximate surface area is 93.1 Å². The second-order valence-electron chi connectivity index (χ2n) is 3.40. The molecule has 0 saturated heterocycles. The summed E-state index contributed by atoms with van der Waals surface area (Å²) in [6.45, 7) is -0.493. The maximum absolute atomic E-state index is 11.6. The number of sulfone groups is 1. The summed E-state index contributed by atoms with van der Waals surface area (Å²) < 4.78 is 60.6. The van der Waals surface area contributed by atoms with Crippen molar-refractivity contribution < 1.29 is 26.3 Å². The zero-order valence-corrected chi connectivity index (χ0v) is 9.83. The quantitative estimate of drug-likeness (QED) is 0.651. The van der Waals surface area contributed by atoms with Gasteiger partial charge in [-0.25, -0.2) is 8.42 Å². The van der Waals surface area contributed by atoms with Crippen LogP contribution in [0.25, 0.3) is 0 Å². The Bertz CT molecular complexity index is 277. The predicted octanol–water partition coefficient (Wildman–Crippen LogP) is 0.590. The fraction of sp³-hybridized carbons (Fsp3) is 1.00. The first-order valence-electron chi connectivity index (χ1n) is 4.74. The van der Waals surface area contributed by atoms with Crippen LogP contribution in [-0.2, 0) is 14.6 Å². The van der Waals surface area contributed by atoms with Crippen LogP contribution in [0.15, 0.2) is 0 Å².